The number of carboxylic acid groups (broad SMARTS) is 1. The minimum Gasteiger partial charge on any atom is -0.481 e. The second-order valence-corrected chi connectivity index (χ2v) is 8.12. The number of nitrogens with zero attached hydrogens (tertiary/aromatic N) is 1. The molecule has 1 aliphatic carbocycles. The molecule has 2 unspecified atom stereocenters. The standard InChI is InChI=1S/C24H26N2O5/c1-15-12-13-26(15)23(29)21(10-11-22(27)28)25-24(30)31-14-20-18-8-4-2-6-16(18)17-7-3-5-9-19(17)20/h2-9,15,20-21H,10-14H2,1H3,(H,25,30)(H,27,28). The zero-order valence-corrected chi connectivity index (χ0v) is 17.4. The summed E-state index contributed by atoms with van der Waals surface area (Å²) >= 11 is 0. The van der Waals surface area contributed by atoms with Gasteiger partial charge in [-0.1, -0.05) is 48.5 Å². The molecule has 2 aliphatic rings. The number of aliphatic carboxylic acids is 1. The normalized spacial score (nSPS) is 17.8. The number of amides is 2. The average molecular weight is 422 g/mol. The van der Waals surface area contributed by atoms with Gasteiger partial charge in [0.25, 0.3) is 0 Å². The topological polar surface area (TPSA) is 95.9 Å². The van der Waals surface area contributed by atoms with E-state index in [2.05, 4.69) is 17.4 Å². The van der Waals surface area contributed by atoms with Gasteiger partial charge in [0.15, 0.2) is 0 Å². The second-order valence-electron chi connectivity index (χ2n) is 8.12. The summed E-state index contributed by atoms with van der Waals surface area (Å²) in [6.07, 6.45) is 0.0189. The van der Waals surface area contributed by atoms with Gasteiger partial charge in [0.1, 0.15) is 12.6 Å². The highest BCUT2D eigenvalue weighted by Gasteiger charge is 2.35. The molecule has 0 saturated carbocycles. The van der Waals surface area contributed by atoms with Crippen molar-refractivity contribution in [1.82, 2.24) is 10.2 Å². The third-order valence-corrected chi connectivity index (χ3v) is 6.18. The summed E-state index contributed by atoms with van der Waals surface area (Å²) in [5, 5.41) is 11.6. The first-order chi connectivity index (χ1) is 15.0. The maximum atomic E-state index is 12.7. The van der Waals surface area contributed by atoms with Crippen LogP contribution in [0.25, 0.3) is 11.1 Å². The molecule has 0 aromatic heterocycles. The molecule has 2 aromatic carbocycles. The number of fused-ring (bicyclic) bond motifs is 3. The summed E-state index contributed by atoms with van der Waals surface area (Å²) in [6, 6.07) is 15.3. The molecule has 2 atom stereocenters. The predicted molar refractivity (Wildman–Crippen MR) is 115 cm³/mol. The van der Waals surface area contributed by atoms with Gasteiger partial charge in [-0.3, -0.25) is 9.59 Å². The van der Waals surface area contributed by atoms with Crippen molar-refractivity contribution < 1.29 is 24.2 Å². The highest BCUT2D eigenvalue weighted by molar-refractivity contribution is 5.87. The lowest BCUT2D eigenvalue weighted by Gasteiger charge is -2.40. The first kappa shape index (κ1) is 20.9. The largest absolute Gasteiger partial charge is 0.481 e. The van der Waals surface area contributed by atoms with E-state index in [4.69, 9.17) is 9.84 Å². The lowest BCUT2D eigenvalue weighted by atomic mass is 9.98. The van der Waals surface area contributed by atoms with Crippen molar-refractivity contribution in [2.75, 3.05) is 13.2 Å². The van der Waals surface area contributed by atoms with E-state index < -0.39 is 18.1 Å². The third-order valence-electron chi connectivity index (χ3n) is 6.18. The Morgan fingerprint density at radius 2 is 1.71 bits per heavy atom. The van der Waals surface area contributed by atoms with Crippen LogP contribution in [-0.4, -0.2) is 53.2 Å². The summed E-state index contributed by atoms with van der Waals surface area (Å²) < 4.78 is 5.52. The van der Waals surface area contributed by atoms with Crippen LogP contribution < -0.4 is 5.32 Å². The predicted octanol–water partition coefficient (Wildman–Crippen LogP) is 3.38. The molecule has 1 heterocycles. The zero-order chi connectivity index (χ0) is 22.0. The third kappa shape index (κ3) is 4.26. The van der Waals surface area contributed by atoms with Gasteiger partial charge in [0.2, 0.25) is 5.91 Å². The number of rotatable bonds is 7. The number of likely N-dealkylation sites (tertiary alicyclic amines) is 1. The molecule has 7 nitrogen and oxygen atoms in total. The van der Waals surface area contributed by atoms with Crippen molar-refractivity contribution in [3.8, 4) is 11.1 Å². The van der Waals surface area contributed by atoms with E-state index in [1.807, 2.05) is 43.3 Å². The van der Waals surface area contributed by atoms with Gasteiger partial charge in [-0.25, -0.2) is 4.79 Å². The van der Waals surface area contributed by atoms with E-state index in [1.165, 1.54) is 0 Å². The minimum absolute atomic E-state index is 0.0293. The lowest BCUT2D eigenvalue weighted by molar-refractivity contribution is -0.141. The number of ether oxygens (including phenoxy) is 1. The number of benzene rings is 2. The molecule has 162 valence electrons. The second kappa shape index (κ2) is 8.79. The number of carbonyl (C=O) groups excluding carboxylic acids is 2. The Balaban J connectivity index is 1.42. The Morgan fingerprint density at radius 1 is 1.10 bits per heavy atom. The van der Waals surface area contributed by atoms with E-state index in [0.717, 1.165) is 28.7 Å². The first-order valence-electron chi connectivity index (χ1n) is 10.6. The number of nitrogens with one attached hydrogen (secondary N) is 1. The Morgan fingerprint density at radius 3 is 2.23 bits per heavy atom. The lowest BCUT2D eigenvalue weighted by Crippen LogP contribution is -2.57. The summed E-state index contributed by atoms with van der Waals surface area (Å²) in [5.41, 5.74) is 4.47. The molecule has 2 amide bonds. The van der Waals surface area contributed by atoms with Crippen LogP contribution in [0.2, 0.25) is 0 Å². The number of hydrogen-bond acceptors (Lipinski definition) is 4. The smallest absolute Gasteiger partial charge is 0.407 e. The number of carbonyl (C=O) groups is 3. The van der Waals surface area contributed by atoms with Gasteiger partial charge in [0, 0.05) is 24.9 Å². The molecule has 2 N–H and O–H groups in total. The molecular formula is C24H26N2O5. The van der Waals surface area contributed by atoms with Crippen molar-refractivity contribution in [2.45, 2.75) is 44.2 Å². The van der Waals surface area contributed by atoms with Crippen LogP contribution in [0.15, 0.2) is 48.5 Å². The van der Waals surface area contributed by atoms with E-state index in [1.54, 1.807) is 4.90 Å². The van der Waals surface area contributed by atoms with Crippen molar-refractivity contribution in [3.63, 3.8) is 0 Å². The molecule has 7 heteroatoms. The SMILES string of the molecule is CC1CCN1C(=O)C(CCC(=O)O)NC(=O)OCC1c2ccccc2-c2ccccc21. The fourth-order valence-corrected chi connectivity index (χ4v) is 4.35. The minimum atomic E-state index is -1.01. The van der Waals surface area contributed by atoms with E-state index in [-0.39, 0.29) is 37.3 Å². The maximum absolute atomic E-state index is 12.7. The molecular weight excluding hydrogens is 396 g/mol. The van der Waals surface area contributed by atoms with Gasteiger partial charge in [-0.05, 0) is 42.0 Å². The Kier molecular flexibility index (Phi) is 5.93. The molecule has 1 fully saturated rings. The number of carboxylic acids is 1. The quantitative estimate of drug-likeness (QED) is 0.713. The van der Waals surface area contributed by atoms with Crippen LogP contribution in [0, 0.1) is 0 Å². The van der Waals surface area contributed by atoms with Crippen molar-refractivity contribution in [1.29, 1.82) is 0 Å². The number of alkyl carbamates (subject to hydrolysis) is 1. The molecule has 1 aliphatic heterocycles. The fourth-order valence-electron chi connectivity index (χ4n) is 4.35. The molecule has 0 spiro atoms. The fraction of sp³-hybridized carbons (Fsp3) is 0.375. The first-order valence-corrected chi connectivity index (χ1v) is 10.6. The molecule has 4 rings (SSSR count). The van der Waals surface area contributed by atoms with Crippen LogP contribution in [-0.2, 0) is 14.3 Å². The van der Waals surface area contributed by atoms with Crippen LogP contribution in [0.3, 0.4) is 0 Å². The van der Waals surface area contributed by atoms with Crippen LogP contribution >= 0.6 is 0 Å². The van der Waals surface area contributed by atoms with Crippen molar-refractivity contribution in [3.05, 3.63) is 59.7 Å². The maximum Gasteiger partial charge on any atom is 0.407 e. The van der Waals surface area contributed by atoms with Gasteiger partial charge in [-0.2, -0.15) is 0 Å². The van der Waals surface area contributed by atoms with Crippen molar-refractivity contribution >= 4 is 18.0 Å². The molecule has 31 heavy (non-hydrogen) atoms. The number of hydrogen-bond donors (Lipinski definition) is 2. The Bertz CT molecular complexity index is 959. The Hall–Kier alpha value is -3.35. The molecule has 0 bridgehead atoms. The van der Waals surface area contributed by atoms with Gasteiger partial charge >= 0.3 is 12.1 Å². The molecule has 2 aromatic rings. The summed E-state index contributed by atoms with van der Waals surface area (Å²) in [6.45, 7) is 2.69. The van der Waals surface area contributed by atoms with E-state index in [9.17, 15) is 14.4 Å². The van der Waals surface area contributed by atoms with Crippen LogP contribution in [0.5, 0.6) is 0 Å². The highest BCUT2D eigenvalue weighted by Crippen LogP contribution is 2.44. The highest BCUT2D eigenvalue weighted by atomic mass is 16.5. The van der Waals surface area contributed by atoms with Gasteiger partial charge in [-0.15, -0.1) is 0 Å². The summed E-state index contributed by atoms with van der Waals surface area (Å²) in [7, 11) is 0. The van der Waals surface area contributed by atoms with Crippen LogP contribution in [0.1, 0.15) is 43.2 Å². The van der Waals surface area contributed by atoms with E-state index in [0.29, 0.717) is 6.54 Å². The van der Waals surface area contributed by atoms with Gasteiger partial charge < -0.3 is 20.1 Å². The average Bonchev–Trinajstić information content (AvgIpc) is 3.07. The molecule has 0 radical (unpaired) electrons. The van der Waals surface area contributed by atoms with Crippen LogP contribution in [0.4, 0.5) is 4.79 Å². The monoisotopic (exact) mass is 422 g/mol. The van der Waals surface area contributed by atoms with Crippen molar-refractivity contribution in [2.24, 2.45) is 0 Å². The van der Waals surface area contributed by atoms with Gasteiger partial charge in [0.05, 0.1) is 0 Å². The van der Waals surface area contributed by atoms with E-state index >= 15 is 0 Å². The summed E-state index contributed by atoms with van der Waals surface area (Å²) in [4.78, 5) is 37.9. The zero-order valence-electron chi connectivity index (χ0n) is 17.4. The molecule has 1 saturated heterocycles. The Labute approximate surface area is 181 Å². The summed E-state index contributed by atoms with van der Waals surface area (Å²) in [5.74, 6) is -1.35.